The molecule has 3 amide bonds. The second-order valence-corrected chi connectivity index (χ2v) is 11.8. The van der Waals surface area contributed by atoms with Crippen molar-refractivity contribution >= 4 is 41.1 Å². The highest BCUT2D eigenvalue weighted by atomic mass is 35.5. The van der Waals surface area contributed by atoms with Gasteiger partial charge in [0.15, 0.2) is 0 Å². The summed E-state index contributed by atoms with van der Waals surface area (Å²) in [6.07, 6.45) is 7.83. The number of allylic oxidation sites excluding steroid dienone is 1. The quantitative estimate of drug-likeness (QED) is 0.351. The number of carbonyl (C=O) groups is 2. The van der Waals surface area contributed by atoms with E-state index in [1.54, 1.807) is 42.6 Å². The van der Waals surface area contributed by atoms with Crippen LogP contribution in [0.5, 0.6) is 0 Å². The first-order valence-corrected chi connectivity index (χ1v) is 14.5. The Morgan fingerprint density at radius 1 is 1.20 bits per heavy atom. The van der Waals surface area contributed by atoms with Gasteiger partial charge >= 0.3 is 6.03 Å². The first-order chi connectivity index (χ1) is 19.7. The van der Waals surface area contributed by atoms with Crippen molar-refractivity contribution in [3.63, 3.8) is 0 Å². The number of methoxy groups -OCH3 is 1. The minimum atomic E-state index is -0.856. The van der Waals surface area contributed by atoms with E-state index in [9.17, 15) is 9.59 Å². The first-order valence-electron chi connectivity index (χ1n) is 14.1. The summed E-state index contributed by atoms with van der Waals surface area (Å²) in [4.78, 5) is 32.5. The minimum Gasteiger partial charge on any atom is -0.380 e. The van der Waals surface area contributed by atoms with Crippen molar-refractivity contribution in [2.45, 2.75) is 56.7 Å². The summed E-state index contributed by atoms with van der Waals surface area (Å²) in [7, 11) is 1.54. The third-order valence-corrected chi connectivity index (χ3v) is 8.68. The van der Waals surface area contributed by atoms with Crippen LogP contribution >= 0.6 is 11.6 Å². The van der Waals surface area contributed by atoms with Gasteiger partial charge in [0.2, 0.25) is 5.91 Å². The number of hydrogen-bond donors (Lipinski definition) is 3. The molecule has 4 atom stereocenters. The predicted molar refractivity (Wildman–Crippen MR) is 160 cm³/mol. The van der Waals surface area contributed by atoms with Crippen LogP contribution in [0, 0.1) is 17.7 Å². The molecule has 0 bridgehead atoms. The molecule has 10 heteroatoms. The topological polar surface area (TPSA) is 109 Å². The van der Waals surface area contributed by atoms with E-state index in [0.29, 0.717) is 23.2 Å². The molecule has 0 radical (unpaired) electrons. The number of benzene rings is 2. The number of nitrogens with one attached hydrogen (secondary N) is 2. The summed E-state index contributed by atoms with van der Waals surface area (Å²) < 4.78 is 20.6. The number of likely N-dealkylation sites (tertiary alicyclic amines) is 1. The Balaban J connectivity index is 1.37. The van der Waals surface area contributed by atoms with Gasteiger partial charge in [-0.15, -0.1) is 0 Å². The maximum atomic E-state index is 15.1. The molecular formula is C31H37ClFN5O3. The molecule has 0 aromatic heterocycles. The standard InChI is InChI=1S/C31H37ClFN5O3/c1-19-17-35-14-12-25(19)31(34,13-11-20-3-4-20)21-5-10-26(33)27(15-21)37-29(39)28-16-24(41-2)18-38(28)30(40)36-23-8-6-22(32)7-9-23/h5-10,12,14-15,19-20,24,28H,3-4,11,13,16-18,34H2,1-2H3,(H,36,40)(H,37,39)/t19?,24-,28?,31?/m1/s1. The number of carbonyl (C=O) groups excluding carboxylic acids is 2. The normalized spacial score (nSPS) is 23.6. The second-order valence-electron chi connectivity index (χ2n) is 11.4. The van der Waals surface area contributed by atoms with E-state index in [2.05, 4.69) is 22.5 Å². The largest absolute Gasteiger partial charge is 0.380 e. The second kappa shape index (κ2) is 12.3. The van der Waals surface area contributed by atoms with Gasteiger partial charge in [-0.1, -0.05) is 37.4 Å². The third-order valence-electron chi connectivity index (χ3n) is 8.42. The van der Waals surface area contributed by atoms with Crippen LogP contribution in [0.4, 0.5) is 20.6 Å². The Labute approximate surface area is 245 Å². The van der Waals surface area contributed by atoms with Gasteiger partial charge < -0.3 is 26.0 Å². The molecule has 2 aromatic rings. The summed E-state index contributed by atoms with van der Waals surface area (Å²) in [5.74, 6) is -0.251. The zero-order chi connectivity index (χ0) is 29.1. The predicted octanol–water partition coefficient (Wildman–Crippen LogP) is 5.73. The molecule has 3 unspecified atom stereocenters. The van der Waals surface area contributed by atoms with Crippen LogP contribution in [0.2, 0.25) is 5.02 Å². The van der Waals surface area contributed by atoms with Crippen LogP contribution in [-0.2, 0) is 15.1 Å². The number of ether oxygens (including phenoxy) is 1. The van der Waals surface area contributed by atoms with E-state index in [-0.39, 0.29) is 30.7 Å². The van der Waals surface area contributed by atoms with Crippen molar-refractivity contribution in [2.75, 3.05) is 30.8 Å². The highest BCUT2D eigenvalue weighted by Crippen LogP contribution is 2.43. The van der Waals surface area contributed by atoms with Crippen LogP contribution in [0.15, 0.2) is 59.1 Å². The van der Waals surface area contributed by atoms with Crippen molar-refractivity contribution in [1.29, 1.82) is 0 Å². The van der Waals surface area contributed by atoms with E-state index < -0.39 is 29.3 Å². The first kappa shape index (κ1) is 29.2. The fraction of sp³-hybridized carbons (Fsp3) is 0.452. The van der Waals surface area contributed by atoms with Crippen LogP contribution in [0.25, 0.3) is 0 Å². The Hall–Kier alpha value is -3.27. The molecule has 2 aromatic carbocycles. The van der Waals surface area contributed by atoms with Gasteiger partial charge in [-0.3, -0.25) is 9.79 Å². The molecule has 3 aliphatic rings. The van der Waals surface area contributed by atoms with Crippen molar-refractivity contribution in [3.05, 3.63) is 70.5 Å². The van der Waals surface area contributed by atoms with Gasteiger partial charge in [0.05, 0.1) is 17.3 Å². The zero-order valence-corrected chi connectivity index (χ0v) is 24.2. The molecule has 2 aliphatic heterocycles. The number of aliphatic imine (C=N–C) groups is 1. The number of halogens is 2. The number of anilines is 2. The van der Waals surface area contributed by atoms with Crippen LogP contribution in [0.1, 0.15) is 44.6 Å². The van der Waals surface area contributed by atoms with Gasteiger partial charge in [-0.05, 0) is 78.3 Å². The number of rotatable bonds is 9. The molecule has 8 nitrogen and oxygen atoms in total. The van der Waals surface area contributed by atoms with Gasteiger partial charge in [0.1, 0.15) is 11.9 Å². The Kier molecular flexibility index (Phi) is 8.77. The fourth-order valence-corrected chi connectivity index (χ4v) is 5.91. The molecule has 4 N–H and O–H groups in total. The van der Waals surface area contributed by atoms with Gasteiger partial charge in [-0.2, -0.15) is 0 Å². The van der Waals surface area contributed by atoms with Crippen LogP contribution in [-0.4, -0.2) is 55.4 Å². The van der Waals surface area contributed by atoms with E-state index in [1.165, 1.54) is 30.9 Å². The summed E-state index contributed by atoms with van der Waals surface area (Å²) >= 11 is 5.95. The third kappa shape index (κ3) is 6.63. The molecule has 1 saturated carbocycles. The van der Waals surface area contributed by atoms with Gasteiger partial charge in [-0.25, -0.2) is 9.18 Å². The number of amides is 3. The highest BCUT2D eigenvalue weighted by molar-refractivity contribution is 6.30. The van der Waals surface area contributed by atoms with Crippen LogP contribution in [0.3, 0.4) is 0 Å². The number of hydrogen-bond acceptors (Lipinski definition) is 5. The Morgan fingerprint density at radius 2 is 1.95 bits per heavy atom. The fourth-order valence-electron chi connectivity index (χ4n) is 5.78. The maximum absolute atomic E-state index is 15.1. The van der Waals surface area contributed by atoms with E-state index in [1.807, 2.05) is 6.08 Å². The Morgan fingerprint density at radius 3 is 2.63 bits per heavy atom. The molecule has 218 valence electrons. The van der Waals surface area contributed by atoms with Crippen molar-refractivity contribution in [3.8, 4) is 0 Å². The lowest BCUT2D eigenvalue weighted by Crippen LogP contribution is -2.45. The zero-order valence-electron chi connectivity index (χ0n) is 23.4. The number of nitrogens with zero attached hydrogens (tertiary/aromatic N) is 2. The highest BCUT2D eigenvalue weighted by Gasteiger charge is 2.41. The van der Waals surface area contributed by atoms with Crippen molar-refractivity contribution in [1.82, 2.24) is 4.90 Å². The van der Waals surface area contributed by atoms with E-state index >= 15 is 4.39 Å². The van der Waals surface area contributed by atoms with Gasteiger partial charge in [0, 0.05) is 43.5 Å². The lowest BCUT2D eigenvalue weighted by atomic mass is 9.73. The average molecular weight is 582 g/mol. The summed E-state index contributed by atoms with van der Waals surface area (Å²) in [5, 5.41) is 6.09. The molecule has 2 heterocycles. The lowest BCUT2D eigenvalue weighted by Gasteiger charge is -2.37. The van der Waals surface area contributed by atoms with E-state index in [0.717, 1.165) is 24.0 Å². The molecule has 1 aliphatic carbocycles. The lowest BCUT2D eigenvalue weighted by molar-refractivity contribution is -0.119. The van der Waals surface area contributed by atoms with Crippen molar-refractivity contribution < 1.29 is 18.7 Å². The maximum Gasteiger partial charge on any atom is 0.322 e. The molecule has 0 spiro atoms. The molecule has 1 saturated heterocycles. The Bertz CT molecular complexity index is 1350. The van der Waals surface area contributed by atoms with Gasteiger partial charge in [0.25, 0.3) is 0 Å². The monoisotopic (exact) mass is 581 g/mol. The summed E-state index contributed by atoms with van der Waals surface area (Å²) in [6, 6.07) is 10.1. The molecule has 5 rings (SSSR count). The average Bonchev–Trinajstić information content (AvgIpc) is 3.69. The number of dihydropyridines is 1. The molecule has 2 fully saturated rings. The van der Waals surface area contributed by atoms with Crippen LogP contribution < -0.4 is 16.4 Å². The minimum absolute atomic E-state index is 0.0328. The summed E-state index contributed by atoms with van der Waals surface area (Å²) in [6.45, 7) is 2.97. The SMILES string of the molecule is CO[C@@H]1CC(C(=O)Nc2cc(C(N)(CCC3CC3)C3=CC=NCC3C)ccc2F)N(C(=O)Nc2ccc(Cl)cc2)C1. The smallest absolute Gasteiger partial charge is 0.322 e. The number of nitrogens with two attached hydrogens (primary N) is 1. The molecular weight excluding hydrogens is 545 g/mol. The number of urea groups is 1. The van der Waals surface area contributed by atoms with E-state index in [4.69, 9.17) is 22.1 Å². The molecule has 41 heavy (non-hydrogen) atoms. The summed E-state index contributed by atoms with van der Waals surface area (Å²) in [5.41, 5.74) is 8.71. The van der Waals surface area contributed by atoms with Crippen molar-refractivity contribution in [2.24, 2.45) is 22.6 Å².